The number of nitrogens with zero attached hydrogens (tertiary/aromatic N) is 1. The van der Waals surface area contributed by atoms with Crippen molar-refractivity contribution in [1.29, 1.82) is 0 Å². The lowest BCUT2D eigenvalue weighted by molar-refractivity contribution is 0.102. The molecule has 2 N–H and O–H groups in total. The van der Waals surface area contributed by atoms with Gasteiger partial charge in [0, 0.05) is 33.1 Å². The van der Waals surface area contributed by atoms with Gasteiger partial charge in [-0.25, -0.2) is 4.98 Å². The Morgan fingerprint density at radius 3 is 2.68 bits per heavy atom. The highest BCUT2D eigenvalue weighted by Crippen LogP contribution is 2.35. The Balaban J connectivity index is 1.63. The maximum Gasteiger partial charge on any atom is 0.257 e. The molecule has 0 aliphatic rings. The number of anilines is 1. The van der Waals surface area contributed by atoms with E-state index in [0.717, 1.165) is 33.6 Å². The molecular formula is C21H19N3O3S. The first-order valence-electron chi connectivity index (χ1n) is 8.66. The van der Waals surface area contributed by atoms with Gasteiger partial charge in [-0.05, 0) is 43.3 Å². The number of methoxy groups -OCH3 is 2. The lowest BCUT2D eigenvalue weighted by Crippen LogP contribution is -2.11. The van der Waals surface area contributed by atoms with E-state index in [0.29, 0.717) is 16.4 Å². The van der Waals surface area contributed by atoms with Gasteiger partial charge in [-0.15, -0.1) is 11.3 Å². The Bertz CT molecular complexity index is 1160. The van der Waals surface area contributed by atoms with Gasteiger partial charge in [0.2, 0.25) is 0 Å². The van der Waals surface area contributed by atoms with Crippen molar-refractivity contribution in [2.45, 2.75) is 6.92 Å². The van der Waals surface area contributed by atoms with Crippen LogP contribution in [-0.4, -0.2) is 30.1 Å². The molecule has 142 valence electrons. The SMILES string of the molecule is COc1cccc(C(=O)Nc2nc(-c3c(C)[nH]c4ccc(OC)cc34)cs2)c1. The number of hydrogen-bond donors (Lipinski definition) is 2. The molecule has 0 unspecified atom stereocenters. The molecule has 1 amide bonds. The summed E-state index contributed by atoms with van der Waals surface area (Å²) in [7, 11) is 3.22. The van der Waals surface area contributed by atoms with Gasteiger partial charge in [0.25, 0.3) is 5.91 Å². The summed E-state index contributed by atoms with van der Waals surface area (Å²) < 4.78 is 10.5. The molecule has 0 bridgehead atoms. The highest BCUT2D eigenvalue weighted by atomic mass is 32.1. The first-order chi connectivity index (χ1) is 13.6. The smallest absolute Gasteiger partial charge is 0.257 e. The van der Waals surface area contributed by atoms with Crippen molar-refractivity contribution in [2.75, 3.05) is 19.5 Å². The van der Waals surface area contributed by atoms with Crippen molar-refractivity contribution < 1.29 is 14.3 Å². The van der Waals surface area contributed by atoms with Gasteiger partial charge in [0.15, 0.2) is 5.13 Å². The minimum absolute atomic E-state index is 0.225. The van der Waals surface area contributed by atoms with E-state index in [9.17, 15) is 4.79 Å². The maximum atomic E-state index is 12.5. The molecule has 4 aromatic rings. The standard InChI is InChI=1S/C21H19N3O3S/c1-12-19(16-10-15(27-3)7-8-17(16)22-12)18-11-28-21(23-18)24-20(25)13-5-4-6-14(9-13)26-2/h4-11,22H,1-3H3,(H,23,24,25). The van der Waals surface area contributed by atoms with Crippen LogP contribution in [0, 0.1) is 6.92 Å². The molecule has 0 spiro atoms. The molecule has 28 heavy (non-hydrogen) atoms. The number of carbonyl (C=O) groups is 1. The highest BCUT2D eigenvalue weighted by molar-refractivity contribution is 7.14. The van der Waals surface area contributed by atoms with E-state index in [1.54, 1.807) is 38.5 Å². The molecule has 6 nitrogen and oxygen atoms in total. The minimum atomic E-state index is -0.225. The normalized spacial score (nSPS) is 10.8. The van der Waals surface area contributed by atoms with Crippen molar-refractivity contribution in [3.8, 4) is 22.8 Å². The summed E-state index contributed by atoms with van der Waals surface area (Å²) in [5.74, 6) is 1.20. The molecule has 0 saturated heterocycles. The summed E-state index contributed by atoms with van der Waals surface area (Å²) in [6.45, 7) is 2.01. The summed E-state index contributed by atoms with van der Waals surface area (Å²) in [6, 6.07) is 12.9. The molecule has 2 heterocycles. The van der Waals surface area contributed by atoms with Gasteiger partial charge in [-0.1, -0.05) is 6.07 Å². The zero-order valence-electron chi connectivity index (χ0n) is 15.7. The maximum absolute atomic E-state index is 12.5. The number of hydrogen-bond acceptors (Lipinski definition) is 5. The molecule has 0 radical (unpaired) electrons. The lowest BCUT2D eigenvalue weighted by Gasteiger charge is -2.04. The molecular weight excluding hydrogens is 374 g/mol. The van der Waals surface area contributed by atoms with Gasteiger partial charge in [-0.2, -0.15) is 0 Å². The van der Waals surface area contributed by atoms with E-state index < -0.39 is 0 Å². The van der Waals surface area contributed by atoms with E-state index in [4.69, 9.17) is 9.47 Å². The van der Waals surface area contributed by atoms with Crippen LogP contribution in [0.15, 0.2) is 47.8 Å². The van der Waals surface area contributed by atoms with Crippen molar-refractivity contribution in [3.05, 3.63) is 59.1 Å². The van der Waals surface area contributed by atoms with Crippen LogP contribution in [0.1, 0.15) is 16.1 Å². The molecule has 0 fully saturated rings. The number of H-pyrrole nitrogens is 1. The summed E-state index contributed by atoms with van der Waals surface area (Å²) >= 11 is 1.39. The van der Waals surface area contributed by atoms with Crippen LogP contribution in [0.4, 0.5) is 5.13 Å². The topological polar surface area (TPSA) is 76.2 Å². The molecule has 2 aromatic carbocycles. The molecule has 0 atom stereocenters. The van der Waals surface area contributed by atoms with Gasteiger partial charge >= 0.3 is 0 Å². The second-order valence-electron chi connectivity index (χ2n) is 6.26. The lowest BCUT2D eigenvalue weighted by atomic mass is 10.1. The molecule has 0 saturated carbocycles. The number of amides is 1. The number of ether oxygens (including phenoxy) is 2. The number of thiazole rings is 1. The fourth-order valence-electron chi connectivity index (χ4n) is 3.14. The first-order valence-corrected chi connectivity index (χ1v) is 9.54. The van der Waals surface area contributed by atoms with E-state index >= 15 is 0 Å². The van der Waals surface area contributed by atoms with Gasteiger partial charge in [-0.3, -0.25) is 10.1 Å². The average Bonchev–Trinajstić information content (AvgIpc) is 3.30. The third kappa shape index (κ3) is 3.32. The molecule has 0 aliphatic heterocycles. The zero-order chi connectivity index (χ0) is 19.7. The number of nitrogens with one attached hydrogen (secondary N) is 2. The number of aromatic amines is 1. The summed E-state index contributed by atoms with van der Waals surface area (Å²) in [4.78, 5) is 20.5. The summed E-state index contributed by atoms with van der Waals surface area (Å²) in [6.07, 6.45) is 0. The Hall–Kier alpha value is -3.32. The predicted molar refractivity (Wildman–Crippen MR) is 112 cm³/mol. The van der Waals surface area contributed by atoms with Gasteiger partial charge in [0.05, 0.1) is 19.9 Å². The van der Waals surface area contributed by atoms with E-state index in [-0.39, 0.29) is 5.91 Å². The Morgan fingerprint density at radius 2 is 1.89 bits per heavy atom. The number of carbonyl (C=O) groups excluding carboxylic acids is 1. The number of aromatic nitrogens is 2. The fraction of sp³-hybridized carbons (Fsp3) is 0.143. The summed E-state index contributed by atoms with van der Waals surface area (Å²) in [5.41, 5.74) is 4.36. The van der Waals surface area contributed by atoms with Crippen LogP contribution in [-0.2, 0) is 0 Å². The van der Waals surface area contributed by atoms with E-state index in [1.807, 2.05) is 30.5 Å². The molecule has 4 rings (SSSR count). The predicted octanol–water partition coefficient (Wildman–Crippen LogP) is 4.87. The van der Waals surface area contributed by atoms with E-state index in [2.05, 4.69) is 15.3 Å². The van der Waals surface area contributed by atoms with E-state index in [1.165, 1.54) is 11.3 Å². The molecule has 7 heteroatoms. The van der Waals surface area contributed by atoms with Crippen LogP contribution in [0.5, 0.6) is 11.5 Å². The minimum Gasteiger partial charge on any atom is -0.497 e. The molecule has 0 aliphatic carbocycles. The van der Waals surface area contributed by atoms with Crippen LogP contribution in [0.3, 0.4) is 0 Å². The monoisotopic (exact) mass is 393 g/mol. The zero-order valence-corrected chi connectivity index (χ0v) is 16.5. The van der Waals surface area contributed by atoms with Crippen LogP contribution in [0.25, 0.3) is 22.2 Å². The second-order valence-corrected chi connectivity index (χ2v) is 7.12. The number of fused-ring (bicyclic) bond motifs is 1. The quantitative estimate of drug-likeness (QED) is 0.507. The Labute approximate surface area is 166 Å². The average molecular weight is 393 g/mol. The second kappa shape index (κ2) is 7.36. The number of rotatable bonds is 5. The van der Waals surface area contributed by atoms with Crippen molar-refractivity contribution >= 4 is 33.3 Å². The Kier molecular flexibility index (Phi) is 4.75. The highest BCUT2D eigenvalue weighted by Gasteiger charge is 2.16. The fourth-order valence-corrected chi connectivity index (χ4v) is 3.84. The number of aryl methyl sites for hydroxylation is 1. The van der Waals surface area contributed by atoms with Crippen molar-refractivity contribution in [2.24, 2.45) is 0 Å². The van der Waals surface area contributed by atoms with Gasteiger partial charge in [0.1, 0.15) is 11.5 Å². The number of benzene rings is 2. The third-order valence-electron chi connectivity index (χ3n) is 4.51. The third-order valence-corrected chi connectivity index (χ3v) is 5.26. The summed E-state index contributed by atoms with van der Waals surface area (Å²) in [5, 5.41) is 6.38. The Morgan fingerprint density at radius 1 is 1.11 bits per heavy atom. The largest absolute Gasteiger partial charge is 0.497 e. The first kappa shape index (κ1) is 18.1. The van der Waals surface area contributed by atoms with Gasteiger partial charge < -0.3 is 14.5 Å². The molecule has 2 aromatic heterocycles. The van der Waals surface area contributed by atoms with Crippen LogP contribution >= 0.6 is 11.3 Å². The van der Waals surface area contributed by atoms with Crippen LogP contribution in [0.2, 0.25) is 0 Å². The van der Waals surface area contributed by atoms with Crippen molar-refractivity contribution in [1.82, 2.24) is 9.97 Å². The van der Waals surface area contributed by atoms with Crippen molar-refractivity contribution in [3.63, 3.8) is 0 Å². The van der Waals surface area contributed by atoms with Crippen LogP contribution < -0.4 is 14.8 Å².